The number of nitrogens with two attached hydrogens (primary N) is 1. The highest BCUT2D eigenvalue weighted by Gasteiger charge is 2.24. The molecule has 1 heterocycles. The second-order valence-electron chi connectivity index (χ2n) is 3.98. The second kappa shape index (κ2) is 4.58. The van der Waals surface area contributed by atoms with Crippen molar-refractivity contribution in [2.75, 3.05) is 13.1 Å². The number of hydrogen-bond donors (Lipinski definition) is 3. The van der Waals surface area contributed by atoms with Gasteiger partial charge < -0.3 is 16.4 Å². The number of rotatable bonds is 4. The zero-order valence-electron chi connectivity index (χ0n) is 8.34. The Morgan fingerprint density at radius 1 is 1.62 bits per heavy atom. The maximum atomic E-state index is 11.1. The van der Waals surface area contributed by atoms with Crippen LogP contribution in [0.15, 0.2) is 0 Å². The van der Waals surface area contributed by atoms with Gasteiger partial charge in [-0.25, -0.2) is 0 Å². The van der Waals surface area contributed by atoms with E-state index in [0.29, 0.717) is 6.04 Å². The minimum absolute atomic E-state index is 0.190. The molecule has 76 valence electrons. The zero-order valence-corrected chi connectivity index (χ0v) is 8.34. The first-order valence-electron chi connectivity index (χ1n) is 4.87. The zero-order chi connectivity index (χ0) is 9.84. The van der Waals surface area contributed by atoms with Gasteiger partial charge in [0.05, 0.1) is 6.04 Å². The lowest BCUT2D eigenvalue weighted by atomic mass is 10.0. The van der Waals surface area contributed by atoms with Crippen LogP contribution in [0.25, 0.3) is 0 Å². The van der Waals surface area contributed by atoms with Gasteiger partial charge in [-0.3, -0.25) is 4.79 Å². The van der Waals surface area contributed by atoms with E-state index in [1.54, 1.807) is 0 Å². The largest absolute Gasteiger partial charge is 0.368 e. The van der Waals surface area contributed by atoms with Crippen molar-refractivity contribution in [3.8, 4) is 0 Å². The fourth-order valence-electron chi connectivity index (χ4n) is 1.65. The Balaban J connectivity index is 2.41. The van der Waals surface area contributed by atoms with E-state index < -0.39 is 0 Å². The number of carbonyl (C=O) groups is 1. The third kappa shape index (κ3) is 2.97. The van der Waals surface area contributed by atoms with Crippen LogP contribution in [0.2, 0.25) is 0 Å². The van der Waals surface area contributed by atoms with Crippen molar-refractivity contribution in [2.45, 2.75) is 32.4 Å². The Morgan fingerprint density at radius 2 is 2.31 bits per heavy atom. The molecule has 1 saturated heterocycles. The number of hydrogen-bond acceptors (Lipinski definition) is 3. The Kier molecular flexibility index (Phi) is 3.69. The number of nitrogens with one attached hydrogen (secondary N) is 2. The summed E-state index contributed by atoms with van der Waals surface area (Å²) in [5.41, 5.74) is 5.29. The first kappa shape index (κ1) is 10.5. The highest BCUT2D eigenvalue weighted by Crippen LogP contribution is 2.05. The summed E-state index contributed by atoms with van der Waals surface area (Å²) in [4.78, 5) is 11.1. The van der Waals surface area contributed by atoms with E-state index in [9.17, 15) is 4.79 Å². The van der Waals surface area contributed by atoms with Crippen LogP contribution >= 0.6 is 0 Å². The molecule has 0 spiro atoms. The molecule has 0 radical (unpaired) electrons. The molecule has 1 aliphatic rings. The molecule has 1 fully saturated rings. The minimum atomic E-state index is -0.248. The molecule has 2 unspecified atom stereocenters. The van der Waals surface area contributed by atoms with E-state index in [1.165, 1.54) is 0 Å². The molecule has 0 aromatic rings. The van der Waals surface area contributed by atoms with E-state index in [1.807, 2.05) is 13.8 Å². The molecule has 13 heavy (non-hydrogen) atoms. The molecule has 1 rings (SSSR count). The summed E-state index contributed by atoms with van der Waals surface area (Å²) in [6.07, 6.45) is 1.08. The van der Waals surface area contributed by atoms with Crippen LogP contribution in [-0.4, -0.2) is 31.1 Å². The molecule has 0 saturated carbocycles. The van der Waals surface area contributed by atoms with E-state index in [4.69, 9.17) is 5.73 Å². The van der Waals surface area contributed by atoms with Gasteiger partial charge in [0.2, 0.25) is 5.91 Å². The van der Waals surface area contributed by atoms with Crippen LogP contribution in [0.5, 0.6) is 0 Å². The van der Waals surface area contributed by atoms with E-state index in [2.05, 4.69) is 10.6 Å². The molecule has 0 aliphatic carbocycles. The molecule has 2 atom stereocenters. The lowest BCUT2D eigenvalue weighted by Gasteiger charge is -2.22. The molecule has 0 aromatic heterocycles. The van der Waals surface area contributed by atoms with Gasteiger partial charge in [0.1, 0.15) is 0 Å². The van der Waals surface area contributed by atoms with Gasteiger partial charge in [-0.05, 0) is 18.9 Å². The Morgan fingerprint density at radius 3 is 2.69 bits per heavy atom. The third-order valence-electron chi connectivity index (χ3n) is 2.45. The van der Waals surface area contributed by atoms with Gasteiger partial charge in [0.15, 0.2) is 0 Å². The van der Waals surface area contributed by atoms with Gasteiger partial charge in [-0.2, -0.15) is 0 Å². The number of amides is 1. The highest BCUT2D eigenvalue weighted by atomic mass is 16.1. The summed E-state index contributed by atoms with van der Waals surface area (Å²) in [7, 11) is 0. The molecule has 4 N–H and O–H groups in total. The third-order valence-corrected chi connectivity index (χ3v) is 2.45. The molecule has 4 nitrogen and oxygen atoms in total. The van der Waals surface area contributed by atoms with Gasteiger partial charge >= 0.3 is 0 Å². The average Bonchev–Trinajstić information content (AvgIpc) is 2.50. The van der Waals surface area contributed by atoms with Crippen LogP contribution in [0.3, 0.4) is 0 Å². The minimum Gasteiger partial charge on any atom is -0.368 e. The van der Waals surface area contributed by atoms with Crippen LogP contribution in [-0.2, 0) is 4.79 Å². The molecule has 1 aliphatic heterocycles. The lowest BCUT2D eigenvalue weighted by Crippen LogP contribution is -2.50. The van der Waals surface area contributed by atoms with Crippen molar-refractivity contribution in [1.29, 1.82) is 0 Å². The van der Waals surface area contributed by atoms with Gasteiger partial charge in [0, 0.05) is 12.6 Å². The van der Waals surface area contributed by atoms with Crippen molar-refractivity contribution < 1.29 is 4.79 Å². The monoisotopic (exact) mass is 185 g/mol. The smallest absolute Gasteiger partial charge is 0.234 e. The average molecular weight is 185 g/mol. The fraction of sp³-hybridized carbons (Fsp3) is 0.889. The maximum absolute atomic E-state index is 11.1. The number of primary amides is 1. The summed E-state index contributed by atoms with van der Waals surface area (Å²) >= 11 is 0. The molecule has 0 aromatic carbocycles. The Labute approximate surface area is 79.3 Å². The SMILES string of the molecule is CC(C)C(NC1CCNC1)C(N)=O. The van der Waals surface area contributed by atoms with E-state index >= 15 is 0 Å². The molecule has 1 amide bonds. The predicted octanol–water partition coefficient (Wildman–Crippen LogP) is -0.552. The molecular formula is C9H19N3O. The summed E-state index contributed by atoms with van der Waals surface area (Å²) < 4.78 is 0. The summed E-state index contributed by atoms with van der Waals surface area (Å²) in [5.74, 6) is 0.0139. The van der Waals surface area contributed by atoms with Gasteiger partial charge in [-0.1, -0.05) is 13.8 Å². The van der Waals surface area contributed by atoms with Crippen molar-refractivity contribution in [1.82, 2.24) is 10.6 Å². The first-order chi connectivity index (χ1) is 6.11. The molecule has 0 bridgehead atoms. The van der Waals surface area contributed by atoms with E-state index in [-0.39, 0.29) is 17.9 Å². The normalized spacial score (nSPS) is 25.0. The molecule has 4 heteroatoms. The molecular weight excluding hydrogens is 166 g/mol. The lowest BCUT2D eigenvalue weighted by molar-refractivity contribution is -0.121. The summed E-state index contributed by atoms with van der Waals surface area (Å²) in [6, 6.07) is 0.213. The van der Waals surface area contributed by atoms with Crippen molar-refractivity contribution in [2.24, 2.45) is 11.7 Å². The highest BCUT2D eigenvalue weighted by molar-refractivity contribution is 5.80. The van der Waals surface area contributed by atoms with Crippen molar-refractivity contribution >= 4 is 5.91 Å². The van der Waals surface area contributed by atoms with E-state index in [0.717, 1.165) is 19.5 Å². The standard InChI is InChI=1S/C9H19N3O/c1-6(2)8(9(10)13)12-7-3-4-11-5-7/h6-8,11-12H,3-5H2,1-2H3,(H2,10,13). The van der Waals surface area contributed by atoms with Gasteiger partial charge in [0.25, 0.3) is 0 Å². The van der Waals surface area contributed by atoms with Crippen LogP contribution < -0.4 is 16.4 Å². The van der Waals surface area contributed by atoms with Crippen LogP contribution in [0.1, 0.15) is 20.3 Å². The quantitative estimate of drug-likeness (QED) is 0.550. The van der Waals surface area contributed by atoms with Crippen molar-refractivity contribution in [3.05, 3.63) is 0 Å². The Bertz CT molecular complexity index is 176. The topological polar surface area (TPSA) is 67.2 Å². The van der Waals surface area contributed by atoms with Crippen LogP contribution in [0, 0.1) is 5.92 Å². The Hall–Kier alpha value is -0.610. The van der Waals surface area contributed by atoms with Crippen molar-refractivity contribution in [3.63, 3.8) is 0 Å². The first-order valence-corrected chi connectivity index (χ1v) is 4.87. The predicted molar refractivity (Wildman–Crippen MR) is 52.2 cm³/mol. The maximum Gasteiger partial charge on any atom is 0.234 e. The fourth-order valence-corrected chi connectivity index (χ4v) is 1.65. The van der Waals surface area contributed by atoms with Gasteiger partial charge in [-0.15, -0.1) is 0 Å². The van der Waals surface area contributed by atoms with Crippen LogP contribution in [0.4, 0.5) is 0 Å². The summed E-state index contributed by atoms with van der Waals surface area (Å²) in [5, 5.41) is 6.52. The second-order valence-corrected chi connectivity index (χ2v) is 3.98. The number of carbonyl (C=O) groups excluding carboxylic acids is 1. The summed E-state index contributed by atoms with van der Waals surface area (Å²) in [6.45, 7) is 5.98.